The van der Waals surface area contributed by atoms with Crippen LogP contribution in [0.4, 0.5) is 0 Å². The minimum atomic E-state index is 0. The molecule has 0 amide bonds. The first-order chi connectivity index (χ1) is 5.93. The lowest BCUT2D eigenvalue weighted by atomic mass is 10.4. The van der Waals surface area contributed by atoms with Gasteiger partial charge in [-0.1, -0.05) is 20.8 Å². The summed E-state index contributed by atoms with van der Waals surface area (Å²) in [7, 11) is 0. The van der Waals surface area contributed by atoms with Crippen molar-refractivity contribution in [1.29, 1.82) is 0 Å². The Morgan fingerprint density at radius 2 is 2.33 bits per heavy atom. The molecular weight excluding hydrogens is 168 g/mol. The van der Waals surface area contributed by atoms with Gasteiger partial charge in [0.25, 0.3) is 0 Å². The van der Waals surface area contributed by atoms with Gasteiger partial charge in [-0.25, -0.2) is 4.98 Å². The Morgan fingerprint density at radius 3 is 2.83 bits per heavy atom. The molecule has 12 heavy (non-hydrogen) atoms. The van der Waals surface area contributed by atoms with Crippen LogP contribution in [0.25, 0.3) is 0 Å². The van der Waals surface area contributed by atoms with Crippen LogP contribution in [0.3, 0.4) is 0 Å². The van der Waals surface area contributed by atoms with E-state index in [1.807, 2.05) is 25.4 Å². The highest BCUT2D eigenvalue weighted by Crippen LogP contribution is 2.02. The highest BCUT2D eigenvalue weighted by atomic mass is 32.1. The van der Waals surface area contributed by atoms with E-state index in [1.54, 1.807) is 11.3 Å². The van der Waals surface area contributed by atoms with Crippen LogP contribution >= 0.6 is 11.3 Å². The van der Waals surface area contributed by atoms with Gasteiger partial charge in [0.05, 0.1) is 5.01 Å². The Morgan fingerprint density at radius 1 is 1.58 bits per heavy atom. The van der Waals surface area contributed by atoms with Gasteiger partial charge < -0.3 is 5.32 Å². The van der Waals surface area contributed by atoms with E-state index in [0.29, 0.717) is 0 Å². The van der Waals surface area contributed by atoms with Crippen molar-refractivity contribution in [3.05, 3.63) is 16.6 Å². The second kappa shape index (κ2) is 8.68. The SMILES string of the molecule is CC.CCNCCc1nccs1.[HH]. The molecule has 0 unspecified atom stereocenters. The van der Waals surface area contributed by atoms with Crippen LogP contribution in [-0.2, 0) is 6.42 Å². The van der Waals surface area contributed by atoms with E-state index in [4.69, 9.17) is 0 Å². The largest absolute Gasteiger partial charge is 0.317 e. The van der Waals surface area contributed by atoms with Gasteiger partial charge >= 0.3 is 0 Å². The third kappa shape index (κ3) is 5.27. The summed E-state index contributed by atoms with van der Waals surface area (Å²) < 4.78 is 0. The first kappa shape index (κ1) is 11.6. The Hall–Kier alpha value is -0.410. The molecule has 0 saturated heterocycles. The lowest BCUT2D eigenvalue weighted by molar-refractivity contribution is 0.714. The van der Waals surface area contributed by atoms with E-state index >= 15 is 0 Å². The van der Waals surface area contributed by atoms with Gasteiger partial charge in [-0.3, -0.25) is 0 Å². The maximum absolute atomic E-state index is 4.17. The molecule has 1 heterocycles. The summed E-state index contributed by atoms with van der Waals surface area (Å²) in [4.78, 5) is 4.17. The molecule has 0 spiro atoms. The molecule has 1 rings (SSSR count). The first-order valence-corrected chi connectivity index (χ1v) is 5.40. The van der Waals surface area contributed by atoms with Crippen LogP contribution in [0.5, 0.6) is 0 Å². The summed E-state index contributed by atoms with van der Waals surface area (Å²) in [5, 5.41) is 6.49. The highest BCUT2D eigenvalue weighted by molar-refractivity contribution is 7.09. The smallest absolute Gasteiger partial charge is 0.0937 e. The Labute approximate surface area is 80.5 Å². The van der Waals surface area contributed by atoms with Crippen molar-refractivity contribution in [1.82, 2.24) is 10.3 Å². The van der Waals surface area contributed by atoms with E-state index in [-0.39, 0.29) is 1.43 Å². The maximum atomic E-state index is 4.17. The summed E-state index contributed by atoms with van der Waals surface area (Å²) in [5.41, 5.74) is 0. The number of likely N-dealkylation sites (N-methyl/N-ethyl adjacent to an activating group) is 1. The van der Waals surface area contributed by atoms with Crippen LogP contribution in [0.1, 0.15) is 27.2 Å². The first-order valence-electron chi connectivity index (χ1n) is 4.52. The van der Waals surface area contributed by atoms with Gasteiger partial charge in [0.15, 0.2) is 0 Å². The molecular formula is C9H20N2S. The lowest BCUT2D eigenvalue weighted by Gasteiger charge is -1.96. The number of nitrogens with zero attached hydrogens (tertiary/aromatic N) is 1. The van der Waals surface area contributed by atoms with E-state index in [0.717, 1.165) is 19.5 Å². The number of nitrogens with one attached hydrogen (secondary N) is 1. The monoisotopic (exact) mass is 188 g/mol. The number of thiazole rings is 1. The molecule has 0 atom stereocenters. The summed E-state index contributed by atoms with van der Waals surface area (Å²) in [6.07, 6.45) is 2.91. The van der Waals surface area contributed by atoms with Crippen molar-refractivity contribution in [3.63, 3.8) is 0 Å². The molecule has 0 aromatic carbocycles. The van der Waals surface area contributed by atoms with Crippen molar-refractivity contribution in [2.45, 2.75) is 27.2 Å². The Kier molecular flexibility index (Phi) is 8.39. The maximum Gasteiger partial charge on any atom is 0.0937 e. The summed E-state index contributed by atoms with van der Waals surface area (Å²) in [5.74, 6) is 0. The molecule has 1 aromatic rings. The Balaban J connectivity index is 0. The molecule has 0 aliphatic rings. The van der Waals surface area contributed by atoms with E-state index < -0.39 is 0 Å². The molecule has 0 radical (unpaired) electrons. The number of aromatic nitrogens is 1. The average molecular weight is 188 g/mol. The fraction of sp³-hybridized carbons (Fsp3) is 0.667. The number of rotatable bonds is 4. The van der Waals surface area contributed by atoms with Crippen molar-refractivity contribution >= 4 is 11.3 Å². The van der Waals surface area contributed by atoms with Crippen LogP contribution in [0.2, 0.25) is 0 Å². The standard InChI is InChI=1S/C7H12N2S.C2H6.H2/c1-2-8-4-3-7-9-5-6-10-7;1-2;/h5-6,8H,2-4H2,1H3;1-2H3;1H. The van der Waals surface area contributed by atoms with Crippen LogP contribution in [-0.4, -0.2) is 18.1 Å². The number of hydrogen-bond donors (Lipinski definition) is 1. The van der Waals surface area contributed by atoms with Gasteiger partial charge in [-0.2, -0.15) is 0 Å². The van der Waals surface area contributed by atoms with Crippen molar-refractivity contribution in [2.24, 2.45) is 0 Å². The predicted octanol–water partition coefficient (Wildman–Crippen LogP) is 2.57. The lowest BCUT2D eigenvalue weighted by Crippen LogP contribution is -2.15. The summed E-state index contributed by atoms with van der Waals surface area (Å²) in [6.45, 7) is 8.21. The molecule has 3 heteroatoms. The third-order valence-electron chi connectivity index (χ3n) is 1.25. The molecule has 0 fully saturated rings. The average Bonchev–Trinajstić information content (AvgIpc) is 2.61. The van der Waals surface area contributed by atoms with Crippen molar-refractivity contribution < 1.29 is 1.43 Å². The van der Waals surface area contributed by atoms with Gasteiger partial charge in [-0.15, -0.1) is 11.3 Å². The zero-order valence-electron chi connectivity index (χ0n) is 8.13. The van der Waals surface area contributed by atoms with E-state index in [2.05, 4.69) is 17.2 Å². The van der Waals surface area contributed by atoms with Crippen molar-refractivity contribution in [2.75, 3.05) is 13.1 Å². The van der Waals surface area contributed by atoms with Crippen LogP contribution in [0, 0.1) is 0 Å². The van der Waals surface area contributed by atoms with Gasteiger partial charge in [0, 0.05) is 26.0 Å². The minimum absolute atomic E-state index is 0. The topological polar surface area (TPSA) is 24.9 Å². The molecule has 0 aliphatic heterocycles. The van der Waals surface area contributed by atoms with Gasteiger partial charge in [0.2, 0.25) is 0 Å². The fourth-order valence-electron chi connectivity index (χ4n) is 0.749. The molecule has 0 saturated carbocycles. The molecule has 72 valence electrons. The second-order valence-corrected chi connectivity index (χ2v) is 3.01. The van der Waals surface area contributed by atoms with Crippen LogP contribution < -0.4 is 5.32 Å². The quantitative estimate of drug-likeness (QED) is 0.735. The molecule has 0 aliphatic carbocycles. The Bertz CT molecular complexity index is 166. The molecule has 1 N–H and O–H groups in total. The van der Waals surface area contributed by atoms with E-state index in [9.17, 15) is 0 Å². The van der Waals surface area contributed by atoms with Gasteiger partial charge in [0.1, 0.15) is 0 Å². The summed E-state index contributed by atoms with van der Waals surface area (Å²) >= 11 is 1.72. The van der Waals surface area contributed by atoms with Gasteiger partial charge in [-0.05, 0) is 6.54 Å². The number of hydrogen-bond acceptors (Lipinski definition) is 3. The molecule has 1 aromatic heterocycles. The molecule has 2 nitrogen and oxygen atoms in total. The third-order valence-corrected chi connectivity index (χ3v) is 2.09. The molecule has 0 bridgehead atoms. The summed E-state index contributed by atoms with van der Waals surface area (Å²) in [6, 6.07) is 0. The highest BCUT2D eigenvalue weighted by Gasteiger charge is 1.92. The predicted molar refractivity (Wildman–Crippen MR) is 57.8 cm³/mol. The van der Waals surface area contributed by atoms with Crippen LogP contribution in [0.15, 0.2) is 11.6 Å². The second-order valence-electron chi connectivity index (χ2n) is 2.03. The zero-order chi connectivity index (χ0) is 9.23. The fourth-order valence-corrected chi connectivity index (χ4v) is 1.37. The van der Waals surface area contributed by atoms with Crippen molar-refractivity contribution in [3.8, 4) is 0 Å². The minimum Gasteiger partial charge on any atom is -0.317 e. The zero-order valence-corrected chi connectivity index (χ0v) is 8.95. The normalized spacial score (nSPS) is 8.92. The van der Waals surface area contributed by atoms with E-state index in [1.165, 1.54) is 5.01 Å².